The molecule has 15 heavy (non-hydrogen) atoms. The van der Waals surface area contributed by atoms with E-state index in [9.17, 15) is 18.0 Å². The first-order valence-corrected chi connectivity index (χ1v) is 5.15. The summed E-state index contributed by atoms with van der Waals surface area (Å²) in [5.74, 6) is -2.22. The summed E-state index contributed by atoms with van der Waals surface area (Å²) in [7, 11) is 0. The molecule has 0 spiro atoms. The van der Waals surface area contributed by atoms with Gasteiger partial charge in [0.1, 0.15) is 5.41 Å². The topological polar surface area (TPSA) is 29.1 Å². The number of fused-ring (bicyclic) bond motifs is 1. The van der Waals surface area contributed by atoms with Gasteiger partial charge in [-0.25, -0.2) is 0 Å². The van der Waals surface area contributed by atoms with Crippen LogP contribution < -0.4 is 5.32 Å². The fraction of sp³-hybridized carbons (Fsp3) is 0.900. The van der Waals surface area contributed by atoms with E-state index in [2.05, 4.69) is 5.32 Å². The lowest BCUT2D eigenvalue weighted by molar-refractivity contribution is -0.201. The second-order valence-corrected chi connectivity index (χ2v) is 4.76. The van der Waals surface area contributed by atoms with Gasteiger partial charge in [-0.1, -0.05) is 13.8 Å². The molecule has 1 aliphatic heterocycles. The van der Waals surface area contributed by atoms with Gasteiger partial charge in [-0.2, -0.15) is 13.2 Å². The Labute approximate surface area is 86.2 Å². The maximum absolute atomic E-state index is 13.0. The van der Waals surface area contributed by atoms with E-state index in [0.717, 1.165) is 0 Å². The van der Waals surface area contributed by atoms with Gasteiger partial charge in [-0.15, -0.1) is 0 Å². The maximum Gasteiger partial charge on any atom is 0.401 e. The Morgan fingerprint density at radius 1 is 1.33 bits per heavy atom. The zero-order valence-corrected chi connectivity index (χ0v) is 8.69. The Morgan fingerprint density at radius 3 is 2.13 bits per heavy atom. The maximum atomic E-state index is 13.0. The number of halogens is 3. The van der Waals surface area contributed by atoms with Gasteiger partial charge in [0.2, 0.25) is 0 Å². The first kappa shape index (κ1) is 10.9. The van der Waals surface area contributed by atoms with Crippen molar-refractivity contribution in [3.8, 4) is 0 Å². The number of hydrogen-bond donors (Lipinski definition) is 1. The molecule has 1 N–H and O–H groups in total. The average molecular weight is 221 g/mol. The molecule has 0 bridgehead atoms. The second kappa shape index (κ2) is 2.97. The van der Waals surface area contributed by atoms with Gasteiger partial charge in [0.25, 0.3) is 0 Å². The molecule has 0 aromatic carbocycles. The highest BCUT2D eigenvalue weighted by Gasteiger charge is 2.82. The number of carbonyl (C=O) groups is 1. The van der Waals surface area contributed by atoms with Crippen LogP contribution in [0.2, 0.25) is 0 Å². The Bertz CT molecular complexity index is 288. The summed E-state index contributed by atoms with van der Waals surface area (Å²) < 4.78 is 38.9. The molecule has 2 rings (SSSR count). The Hall–Kier alpha value is -0.580. The fourth-order valence-electron chi connectivity index (χ4n) is 2.94. The summed E-state index contributed by atoms with van der Waals surface area (Å²) in [6, 6.07) is 0. The fourth-order valence-corrected chi connectivity index (χ4v) is 2.94. The molecule has 0 amide bonds. The van der Waals surface area contributed by atoms with Crippen LogP contribution in [-0.2, 0) is 4.79 Å². The van der Waals surface area contributed by atoms with Crippen molar-refractivity contribution >= 4 is 5.78 Å². The first-order chi connectivity index (χ1) is 6.83. The van der Waals surface area contributed by atoms with Crippen LogP contribution in [0.3, 0.4) is 0 Å². The number of ketones is 1. The minimum absolute atomic E-state index is 0.322. The molecule has 5 heteroatoms. The van der Waals surface area contributed by atoms with Crippen molar-refractivity contribution in [1.82, 2.24) is 5.32 Å². The molecule has 2 unspecified atom stereocenters. The van der Waals surface area contributed by atoms with E-state index in [-0.39, 0.29) is 0 Å². The Kier molecular flexibility index (Phi) is 2.16. The molecule has 2 fully saturated rings. The van der Waals surface area contributed by atoms with Crippen molar-refractivity contribution in [1.29, 1.82) is 0 Å². The molecule has 1 saturated carbocycles. The van der Waals surface area contributed by atoms with Crippen molar-refractivity contribution in [2.24, 2.45) is 23.2 Å². The summed E-state index contributed by atoms with van der Waals surface area (Å²) >= 11 is 0. The Morgan fingerprint density at radius 2 is 1.80 bits per heavy atom. The third-order valence-electron chi connectivity index (χ3n) is 3.68. The third-order valence-corrected chi connectivity index (χ3v) is 3.68. The van der Waals surface area contributed by atoms with Crippen LogP contribution in [0.25, 0.3) is 0 Å². The van der Waals surface area contributed by atoms with Crippen LogP contribution in [0.15, 0.2) is 0 Å². The lowest BCUT2D eigenvalue weighted by Crippen LogP contribution is -2.42. The first-order valence-electron chi connectivity index (χ1n) is 5.15. The van der Waals surface area contributed by atoms with E-state index in [1.807, 2.05) is 0 Å². The highest BCUT2D eigenvalue weighted by Crippen LogP contribution is 2.69. The number of Topliss-reactive ketones (excluding diaryl/α,β-unsaturated/α-hetero) is 1. The standard InChI is InChI=1S/C10H14F3NO/c1-5(2)8(15)9(10(11,12)13)6-3-14-4-7(6)9/h5-7,14H,3-4H2,1-2H3. The van der Waals surface area contributed by atoms with E-state index < -0.39 is 35.1 Å². The van der Waals surface area contributed by atoms with Crippen LogP contribution in [0, 0.1) is 23.2 Å². The van der Waals surface area contributed by atoms with Gasteiger partial charge in [-0.3, -0.25) is 4.79 Å². The second-order valence-electron chi connectivity index (χ2n) is 4.76. The average Bonchev–Trinajstić information content (AvgIpc) is 2.52. The van der Waals surface area contributed by atoms with Crippen molar-refractivity contribution in [2.75, 3.05) is 13.1 Å². The smallest absolute Gasteiger partial charge is 0.316 e. The number of carbonyl (C=O) groups excluding carboxylic acids is 1. The molecule has 0 aromatic rings. The molecule has 2 nitrogen and oxygen atoms in total. The summed E-state index contributed by atoms with van der Waals surface area (Å²) in [4.78, 5) is 11.7. The predicted molar refractivity (Wildman–Crippen MR) is 48.2 cm³/mol. The zero-order valence-electron chi connectivity index (χ0n) is 8.69. The minimum Gasteiger partial charge on any atom is -0.316 e. The van der Waals surface area contributed by atoms with E-state index >= 15 is 0 Å². The molecule has 2 atom stereocenters. The molecule has 86 valence electrons. The van der Waals surface area contributed by atoms with E-state index in [1.165, 1.54) is 13.8 Å². The molecule has 2 aliphatic rings. The molecule has 0 radical (unpaired) electrons. The van der Waals surface area contributed by atoms with Crippen LogP contribution in [-0.4, -0.2) is 25.0 Å². The van der Waals surface area contributed by atoms with Crippen molar-refractivity contribution in [2.45, 2.75) is 20.0 Å². The van der Waals surface area contributed by atoms with Crippen LogP contribution >= 0.6 is 0 Å². The Balaban J connectivity index is 2.32. The van der Waals surface area contributed by atoms with Gasteiger partial charge in [0, 0.05) is 5.92 Å². The van der Waals surface area contributed by atoms with Crippen LogP contribution in [0.5, 0.6) is 0 Å². The molecular weight excluding hydrogens is 207 g/mol. The van der Waals surface area contributed by atoms with Gasteiger partial charge < -0.3 is 5.32 Å². The number of nitrogens with one attached hydrogen (secondary N) is 1. The summed E-state index contributed by atoms with van der Waals surface area (Å²) in [6.07, 6.45) is -4.38. The van der Waals surface area contributed by atoms with Crippen molar-refractivity contribution < 1.29 is 18.0 Å². The lowest BCUT2D eigenvalue weighted by Gasteiger charge is -2.24. The van der Waals surface area contributed by atoms with Crippen LogP contribution in [0.1, 0.15) is 13.8 Å². The van der Waals surface area contributed by atoms with E-state index in [4.69, 9.17) is 0 Å². The zero-order chi connectivity index (χ0) is 11.4. The molecule has 0 aromatic heterocycles. The highest BCUT2D eigenvalue weighted by atomic mass is 19.4. The number of piperidine rings is 1. The van der Waals surface area contributed by atoms with Gasteiger partial charge in [0.05, 0.1) is 0 Å². The number of rotatable bonds is 2. The van der Waals surface area contributed by atoms with Crippen LogP contribution in [0.4, 0.5) is 13.2 Å². The van der Waals surface area contributed by atoms with Crippen molar-refractivity contribution in [3.63, 3.8) is 0 Å². The predicted octanol–water partition coefficient (Wildman–Crippen LogP) is 1.61. The third kappa shape index (κ3) is 1.19. The van der Waals surface area contributed by atoms with Gasteiger partial charge in [0.15, 0.2) is 5.78 Å². The van der Waals surface area contributed by atoms with Crippen molar-refractivity contribution in [3.05, 3.63) is 0 Å². The largest absolute Gasteiger partial charge is 0.401 e. The van der Waals surface area contributed by atoms with Gasteiger partial charge in [-0.05, 0) is 24.9 Å². The summed E-state index contributed by atoms with van der Waals surface area (Å²) in [5.41, 5.74) is -2.02. The lowest BCUT2D eigenvalue weighted by atomic mass is 9.87. The summed E-state index contributed by atoms with van der Waals surface area (Å²) in [6.45, 7) is 3.72. The molecule has 1 aliphatic carbocycles. The van der Waals surface area contributed by atoms with Gasteiger partial charge >= 0.3 is 6.18 Å². The quantitative estimate of drug-likeness (QED) is 0.767. The number of hydrogen-bond acceptors (Lipinski definition) is 2. The molecular formula is C10H14F3NO. The monoisotopic (exact) mass is 221 g/mol. The number of alkyl halides is 3. The van der Waals surface area contributed by atoms with E-state index in [0.29, 0.717) is 13.1 Å². The summed E-state index contributed by atoms with van der Waals surface area (Å²) in [5, 5.41) is 2.89. The normalized spacial score (nSPS) is 39.3. The van der Waals surface area contributed by atoms with E-state index in [1.54, 1.807) is 0 Å². The molecule has 1 saturated heterocycles. The minimum atomic E-state index is -4.38. The highest BCUT2D eigenvalue weighted by molar-refractivity contribution is 5.91. The SMILES string of the molecule is CC(C)C(=O)C1(C(F)(F)F)C2CNCC21. The molecule has 1 heterocycles.